The standard InChI is InChI=1S/C22H24ClFN4O4/c1-12-16(20(30)26-14-4-5-15(24)13(10-14)11-25)19(23)28(3)17(12)18(29)21(31)27-22(2)6-8-32-9-7-22/h4-5,14H,6-10H2,1-3H3,(H,26,30)(H,27,31). The summed E-state index contributed by atoms with van der Waals surface area (Å²) < 4.78 is 20.2. The molecule has 1 atom stereocenters. The maximum Gasteiger partial charge on any atom is 0.294 e. The number of carbonyl (C=O) groups excluding carboxylic acids is 3. The molecule has 0 aromatic carbocycles. The van der Waals surface area contributed by atoms with E-state index in [1.165, 1.54) is 24.6 Å². The molecule has 32 heavy (non-hydrogen) atoms. The minimum absolute atomic E-state index is 0.00422. The number of aromatic nitrogens is 1. The predicted octanol–water partition coefficient (Wildman–Crippen LogP) is 2.66. The van der Waals surface area contributed by atoms with Crippen LogP contribution in [0, 0.1) is 18.3 Å². The lowest BCUT2D eigenvalue weighted by Gasteiger charge is -2.34. The lowest BCUT2D eigenvalue weighted by molar-refractivity contribution is -0.119. The van der Waals surface area contributed by atoms with Crippen LogP contribution in [0.3, 0.4) is 0 Å². The molecule has 2 aliphatic rings. The third kappa shape index (κ3) is 4.61. The van der Waals surface area contributed by atoms with Crippen LogP contribution in [0.2, 0.25) is 5.15 Å². The van der Waals surface area contributed by atoms with Crippen molar-refractivity contribution in [1.82, 2.24) is 15.2 Å². The van der Waals surface area contributed by atoms with E-state index in [2.05, 4.69) is 10.6 Å². The molecule has 0 spiro atoms. The Morgan fingerprint density at radius 2 is 2.00 bits per heavy atom. The van der Waals surface area contributed by atoms with Crippen LogP contribution in [0.5, 0.6) is 0 Å². The summed E-state index contributed by atoms with van der Waals surface area (Å²) in [6, 6.07) is 1.16. The van der Waals surface area contributed by atoms with Crippen molar-refractivity contribution in [3.63, 3.8) is 0 Å². The van der Waals surface area contributed by atoms with Gasteiger partial charge in [-0.05, 0) is 38.3 Å². The molecule has 1 saturated heterocycles. The first-order valence-electron chi connectivity index (χ1n) is 10.1. The molecule has 0 bridgehead atoms. The number of rotatable bonds is 5. The maximum atomic E-state index is 13.6. The number of amides is 2. The van der Waals surface area contributed by atoms with Gasteiger partial charge in [0.15, 0.2) is 0 Å². The molecule has 1 aromatic heterocycles. The molecule has 170 valence electrons. The van der Waals surface area contributed by atoms with Gasteiger partial charge in [0.2, 0.25) is 0 Å². The zero-order valence-electron chi connectivity index (χ0n) is 18.1. The summed E-state index contributed by atoms with van der Waals surface area (Å²) in [4.78, 5) is 38.5. The second-order valence-electron chi connectivity index (χ2n) is 8.24. The highest BCUT2D eigenvalue weighted by Crippen LogP contribution is 2.28. The average Bonchev–Trinajstić information content (AvgIpc) is 2.97. The van der Waals surface area contributed by atoms with Gasteiger partial charge in [-0.2, -0.15) is 5.26 Å². The lowest BCUT2D eigenvalue weighted by atomic mass is 9.92. The topological polar surface area (TPSA) is 113 Å². The number of halogens is 2. The van der Waals surface area contributed by atoms with Crippen LogP contribution in [0.1, 0.15) is 52.6 Å². The first-order chi connectivity index (χ1) is 15.1. The Morgan fingerprint density at radius 3 is 2.62 bits per heavy atom. The van der Waals surface area contributed by atoms with Crippen LogP contribution in [0.15, 0.2) is 23.6 Å². The van der Waals surface area contributed by atoms with Crippen LogP contribution in [-0.2, 0) is 16.6 Å². The van der Waals surface area contributed by atoms with Crippen molar-refractivity contribution in [2.75, 3.05) is 13.2 Å². The first kappa shape index (κ1) is 23.7. The van der Waals surface area contributed by atoms with E-state index in [0.29, 0.717) is 26.1 Å². The zero-order chi connectivity index (χ0) is 23.6. The zero-order valence-corrected chi connectivity index (χ0v) is 18.8. The summed E-state index contributed by atoms with van der Waals surface area (Å²) in [5, 5.41) is 14.5. The van der Waals surface area contributed by atoms with Crippen molar-refractivity contribution >= 4 is 29.2 Å². The highest BCUT2D eigenvalue weighted by molar-refractivity contribution is 6.44. The van der Waals surface area contributed by atoms with Gasteiger partial charge < -0.3 is 19.9 Å². The molecule has 0 radical (unpaired) electrons. The number of allylic oxidation sites excluding steroid dienone is 2. The number of nitriles is 1. The van der Waals surface area contributed by atoms with Crippen molar-refractivity contribution in [2.24, 2.45) is 7.05 Å². The maximum absolute atomic E-state index is 13.6. The monoisotopic (exact) mass is 462 g/mol. The molecular weight excluding hydrogens is 439 g/mol. The van der Waals surface area contributed by atoms with Gasteiger partial charge in [-0.15, -0.1) is 0 Å². The van der Waals surface area contributed by atoms with Crippen molar-refractivity contribution in [2.45, 2.75) is 44.7 Å². The summed E-state index contributed by atoms with van der Waals surface area (Å²) in [5.74, 6) is -2.80. The summed E-state index contributed by atoms with van der Waals surface area (Å²) >= 11 is 6.34. The van der Waals surface area contributed by atoms with Crippen molar-refractivity contribution in [1.29, 1.82) is 5.26 Å². The van der Waals surface area contributed by atoms with Crippen molar-refractivity contribution in [3.8, 4) is 6.07 Å². The normalized spacial score (nSPS) is 19.9. The van der Waals surface area contributed by atoms with Gasteiger partial charge in [0.05, 0.1) is 28.9 Å². The summed E-state index contributed by atoms with van der Waals surface area (Å²) in [6.07, 6.45) is 3.74. The quantitative estimate of drug-likeness (QED) is 0.516. The van der Waals surface area contributed by atoms with E-state index < -0.39 is 35.0 Å². The Kier molecular flexibility index (Phi) is 6.86. The molecule has 2 amide bonds. The van der Waals surface area contributed by atoms with Crippen LogP contribution >= 0.6 is 11.6 Å². The molecule has 8 nitrogen and oxygen atoms in total. The highest BCUT2D eigenvalue weighted by Gasteiger charge is 2.35. The second kappa shape index (κ2) is 9.27. The fraction of sp³-hybridized carbons (Fsp3) is 0.455. The van der Waals surface area contributed by atoms with Gasteiger partial charge in [-0.25, -0.2) is 4.39 Å². The minimum Gasteiger partial charge on any atom is -0.381 e. The van der Waals surface area contributed by atoms with Crippen LogP contribution in [0.25, 0.3) is 0 Å². The molecule has 1 unspecified atom stereocenters. The Labute approximate surface area is 190 Å². The molecule has 0 saturated carbocycles. The molecule has 10 heteroatoms. The minimum atomic E-state index is -0.798. The molecule has 1 aliphatic carbocycles. The summed E-state index contributed by atoms with van der Waals surface area (Å²) in [5.41, 5.74) is -0.305. The fourth-order valence-corrected chi connectivity index (χ4v) is 4.20. The van der Waals surface area contributed by atoms with E-state index in [-0.39, 0.29) is 34.0 Å². The molecular formula is C22H24ClFN4O4. The predicted molar refractivity (Wildman–Crippen MR) is 115 cm³/mol. The van der Waals surface area contributed by atoms with E-state index in [0.717, 1.165) is 6.08 Å². The Hall–Kier alpha value is -2.96. The Bertz CT molecular complexity index is 1080. The second-order valence-corrected chi connectivity index (χ2v) is 8.59. The third-order valence-electron chi connectivity index (χ3n) is 5.87. The van der Waals surface area contributed by atoms with Gasteiger partial charge >= 0.3 is 0 Å². The van der Waals surface area contributed by atoms with Gasteiger partial charge in [-0.3, -0.25) is 14.4 Å². The molecule has 1 aliphatic heterocycles. The fourth-order valence-electron chi connectivity index (χ4n) is 3.89. The highest BCUT2D eigenvalue weighted by atomic mass is 35.5. The van der Waals surface area contributed by atoms with Crippen LogP contribution < -0.4 is 10.6 Å². The van der Waals surface area contributed by atoms with Crippen molar-refractivity contribution < 1.29 is 23.5 Å². The van der Waals surface area contributed by atoms with E-state index in [4.69, 9.17) is 21.6 Å². The molecule has 2 N–H and O–H groups in total. The number of hydrogen-bond donors (Lipinski definition) is 2. The smallest absolute Gasteiger partial charge is 0.294 e. The van der Waals surface area contributed by atoms with Gasteiger partial charge in [-0.1, -0.05) is 17.7 Å². The lowest BCUT2D eigenvalue weighted by Crippen LogP contribution is -2.51. The number of nitrogens with zero attached hydrogens (tertiary/aromatic N) is 2. The largest absolute Gasteiger partial charge is 0.381 e. The van der Waals surface area contributed by atoms with Gasteiger partial charge in [0.25, 0.3) is 17.6 Å². The Balaban J connectivity index is 1.80. The number of ketones is 1. The van der Waals surface area contributed by atoms with Crippen molar-refractivity contribution in [3.05, 3.63) is 45.5 Å². The SMILES string of the molecule is Cc1c(C(=O)NC2C=CC(F)=C(C#N)C2)c(Cl)n(C)c1C(=O)C(=O)NC1(C)CCOCC1. The van der Waals surface area contributed by atoms with E-state index in [9.17, 15) is 18.8 Å². The summed E-state index contributed by atoms with van der Waals surface area (Å²) in [7, 11) is 1.50. The number of hydrogen-bond acceptors (Lipinski definition) is 5. The van der Waals surface area contributed by atoms with E-state index in [1.54, 1.807) is 6.07 Å². The van der Waals surface area contributed by atoms with E-state index >= 15 is 0 Å². The van der Waals surface area contributed by atoms with Gasteiger partial charge in [0.1, 0.15) is 11.0 Å². The number of nitrogens with one attached hydrogen (secondary N) is 2. The van der Waals surface area contributed by atoms with E-state index in [1.807, 2.05) is 6.92 Å². The third-order valence-corrected chi connectivity index (χ3v) is 6.31. The molecule has 2 heterocycles. The summed E-state index contributed by atoms with van der Waals surface area (Å²) in [6.45, 7) is 4.38. The number of carbonyl (C=O) groups is 3. The Morgan fingerprint density at radius 1 is 1.34 bits per heavy atom. The number of Topliss-reactive ketones (excluding diaryl/α,β-unsaturated/α-hetero) is 1. The molecule has 1 aromatic rings. The van der Waals surface area contributed by atoms with Crippen LogP contribution in [0.4, 0.5) is 4.39 Å². The van der Waals surface area contributed by atoms with Gasteiger partial charge in [0, 0.05) is 32.2 Å². The first-order valence-corrected chi connectivity index (χ1v) is 10.5. The number of ether oxygens (including phenoxy) is 1. The average molecular weight is 463 g/mol. The molecule has 1 fully saturated rings. The molecule has 3 rings (SSSR count). The van der Waals surface area contributed by atoms with Crippen LogP contribution in [-0.4, -0.2) is 47.0 Å².